The number of pyridine rings is 2. The van der Waals surface area contributed by atoms with Crippen molar-refractivity contribution in [3.8, 4) is 0 Å². The van der Waals surface area contributed by atoms with Crippen LogP contribution in [0.15, 0.2) is 27.4 Å². The highest BCUT2D eigenvalue weighted by molar-refractivity contribution is 9.10. The van der Waals surface area contributed by atoms with E-state index in [4.69, 9.17) is 5.73 Å². The molecule has 0 aliphatic rings. The summed E-state index contributed by atoms with van der Waals surface area (Å²) < 4.78 is 5.60. The third-order valence-electron chi connectivity index (χ3n) is 2.91. The summed E-state index contributed by atoms with van der Waals surface area (Å²) in [5.74, 6) is 0. The number of rotatable bonds is 2. The van der Waals surface area contributed by atoms with Crippen LogP contribution in [0, 0.1) is 6.92 Å². The van der Waals surface area contributed by atoms with E-state index in [0.717, 1.165) is 21.4 Å². The summed E-state index contributed by atoms with van der Waals surface area (Å²) in [4.78, 5) is 8.66. The maximum Gasteiger partial charge on any atom is 0.226 e. The highest BCUT2D eigenvalue weighted by Gasteiger charge is 2.15. The van der Waals surface area contributed by atoms with Crippen molar-refractivity contribution in [2.75, 3.05) is 5.73 Å². The Bertz CT molecular complexity index is 738. The Labute approximate surface area is 117 Å². The van der Waals surface area contributed by atoms with Gasteiger partial charge in [0.05, 0.1) is 5.69 Å². The predicted molar refractivity (Wildman–Crippen MR) is 73.5 cm³/mol. The first-order valence-corrected chi connectivity index (χ1v) is 6.42. The van der Waals surface area contributed by atoms with Crippen LogP contribution < -0.4 is 5.73 Å². The van der Waals surface area contributed by atoms with Gasteiger partial charge in [-0.3, -0.25) is 4.98 Å². The Morgan fingerprint density at radius 2 is 2.16 bits per heavy atom. The molecule has 0 saturated heterocycles. The lowest BCUT2D eigenvalue weighted by atomic mass is 10.1. The molecule has 0 amide bonds. The average Bonchev–Trinajstić information content (AvgIpc) is 2.85. The average molecular weight is 320 g/mol. The quantitative estimate of drug-likeness (QED) is 0.779. The number of hydrogen-bond acceptors (Lipinski definition) is 6. The van der Waals surface area contributed by atoms with Crippen LogP contribution in [0.2, 0.25) is 0 Å². The summed E-state index contributed by atoms with van der Waals surface area (Å²) >= 11 is 3.36. The first-order valence-electron chi connectivity index (χ1n) is 5.63. The van der Waals surface area contributed by atoms with E-state index in [1.165, 1.54) is 0 Å². The topological polar surface area (TPSA) is 90.7 Å². The lowest BCUT2D eigenvalue weighted by Gasteiger charge is -2.08. The molecule has 0 aliphatic carbocycles. The highest BCUT2D eigenvalue weighted by Crippen LogP contribution is 2.25. The van der Waals surface area contributed by atoms with E-state index < -0.39 is 0 Å². The fourth-order valence-electron chi connectivity index (χ4n) is 1.91. The van der Waals surface area contributed by atoms with Crippen molar-refractivity contribution in [2.45, 2.75) is 13.3 Å². The molecule has 0 radical (unpaired) electrons. The number of anilines is 1. The standard InChI is InChI=1S/C12H10BrN5O/c1-6-9(4-8-3-2-7(13)5-15-8)10(14)11-12(16-6)18-19-17-11/h2-3,5H,4,14H2,1H3. The van der Waals surface area contributed by atoms with Gasteiger partial charge in [0.25, 0.3) is 0 Å². The highest BCUT2D eigenvalue weighted by atomic mass is 79.9. The van der Waals surface area contributed by atoms with Gasteiger partial charge in [-0.2, -0.15) is 0 Å². The van der Waals surface area contributed by atoms with Crippen molar-refractivity contribution in [2.24, 2.45) is 0 Å². The Morgan fingerprint density at radius 3 is 2.89 bits per heavy atom. The summed E-state index contributed by atoms with van der Waals surface area (Å²) in [6.45, 7) is 1.89. The number of fused-ring (bicyclic) bond motifs is 1. The molecule has 96 valence electrons. The largest absolute Gasteiger partial charge is 0.396 e. The van der Waals surface area contributed by atoms with Crippen LogP contribution in [0.25, 0.3) is 11.2 Å². The van der Waals surface area contributed by atoms with E-state index in [2.05, 4.69) is 40.8 Å². The summed E-state index contributed by atoms with van der Waals surface area (Å²) in [6.07, 6.45) is 2.35. The normalized spacial score (nSPS) is 11.1. The monoisotopic (exact) mass is 319 g/mol. The number of nitrogens with zero attached hydrogens (tertiary/aromatic N) is 4. The van der Waals surface area contributed by atoms with Crippen LogP contribution >= 0.6 is 15.9 Å². The van der Waals surface area contributed by atoms with Crippen LogP contribution in [0.5, 0.6) is 0 Å². The van der Waals surface area contributed by atoms with Crippen molar-refractivity contribution in [3.05, 3.63) is 39.8 Å². The van der Waals surface area contributed by atoms with E-state index in [1.54, 1.807) is 6.20 Å². The lowest BCUT2D eigenvalue weighted by molar-refractivity contribution is 0.315. The minimum atomic E-state index is 0.433. The molecule has 0 fully saturated rings. The molecule has 0 saturated carbocycles. The van der Waals surface area contributed by atoms with E-state index >= 15 is 0 Å². The molecule has 0 aliphatic heterocycles. The molecular formula is C12H10BrN5O. The van der Waals surface area contributed by atoms with Gasteiger partial charge < -0.3 is 5.73 Å². The van der Waals surface area contributed by atoms with E-state index in [-0.39, 0.29) is 0 Å². The van der Waals surface area contributed by atoms with Crippen LogP contribution in [0.4, 0.5) is 5.69 Å². The second kappa shape index (κ2) is 4.58. The van der Waals surface area contributed by atoms with Gasteiger partial charge in [0.2, 0.25) is 5.65 Å². The maximum absolute atomic E-state index is 6.10. The molecule has 3 aromatic rings. The van der Waals surface area contributed by atoms with Gasteiger partial charge in [-0.1, -0.05) is 0 Å². The number of aryl methyl sites for hydroxylation is 1. The fraction of sp³-hybridized carbons (Fsp3) is 0.167. The van der Waals surface area contributed by atoms with Gasteiger partial charge in [-0.05, 0) is 45.3 Å². The Morgan fingerprint density at radius 1 is 1.32 bits per heavy atom. The zero-order valence-electron chi connectivity index (χ0n) is 10.1. The number of hydrogen-bond donors (Lipinski definition) is 1. The van der Waals surface area contributed by atoms with Crippen molar-refractivity contribution in [3.63, 3.8) is 0 Å². The summed E-state index contributed by atoms with van der Waals surface area (Å²) in [7, 11) is 0. The zero-order valence-corrected chi connectivity index (χ0v) is 11.7. The van der Waals surface area contributed by atoms with Gasteiger partial charge in [0.15, 0.2) is 5.52 Å². The van der Waals surface area contributed by atoms with Gasteiger partial charge in [0, 0.05) is 34.0 Å². The number of nitrogens with two attached hydrogens (primary N) is 1. The summed E-state index contributed by atoms with van der Waals surface area (Å²) in [6, 6.07) is 3.88. The van der Waals surface area contributed by atoms with Gasteiger partial charge >= 0.3 is 0 Å². The molecule has 3 heterocycles. The van der Waals surface area contributed by atoms with E-state index in [0.29, 0.717) is 23.3 Å². The van der Waals surface area contributed by atoms with Crippen LogP contribution in [-0.4, -0.2) is 20.3 Å². The van der Waals surface area contributed by atoms with Crippen LogP contribution in [0.1, 0.15) is 17.0 Å². The maximum atomic E-state index is 6.10. The van der Waals surface area contributed by atoms with Crippen LogP contribution in [-0.2, 0) is 6.42 Å². The Balaban J connectivity index is 2.06. The molecule has 0 bridgehead atoms. The van der Waals surface area contributed by atoms with E-state index in [1.807, 2.05) is 19.1 Å². The molecule has 0 atom stereocenters. The SMILES string of the molecule is Cc1nc2nonc2c(N)c1Cc1ccc(Br)cn1. The van der Waals surface area contributed by atoms with Crippen LogP contribution in [0.3, 0.4) is 0 Å². The van der Waals surface area contributed by atoms with Gasteiger partial charge in [-0.15, -0.1) is 0 Å². The molecule has 3 aromatic heterocycles. The third kappa shape index (κ3) is 2.17. The minimum absolute atomic E-state index is 0.433. The molecule has 6 nitrogen and oxygen atoms in total. The van der Waals surface area contributed by atoms with E-state index in [9.17, 15) is 0 Å². The Kier molecular flexibility index (Phi) is 2.90. The third-order valence-corrected chi connectivity index (χ3v) is 3.38. The number of halogens is 1. The summed E-state index contributed by atoms with van der Waals surface area (Å²) in [5, 5.41) is 7.48. The van der Waals surface area contributed by atoms with Crippen molar-refractivity contribution >= 4 is 32.8 Å². The number of nitrogen functional groups attached to an aromatic ring is 1. The second-order valence-corrected chi connectivity index (χ2v) is 5.09. The Hall–Kier alpha value is -2.02. The molecule has 0 spiro atoms. The molecule has 2 N–H and O–H groups in total. The van der Waals surface area contributed by atoms with Crippen molar-refractivity contribution in [1.82, 2.24) is 20.3 Å². The minimum Gasteiger partial charge on any atom is -0.396 e. The molecule has 3 rings (SSSR count). The molecule has 19 heavy (non-hydrogen) atoms. The smallest absolute Gasteiger partial charge is 0.226 e. The number of aromatic nitrogens is 4. The molecule has 0 aromatic carbocycles. The van der Waals surface area contributed by atoms with Crippen molar-refractivity contribution in [1.29, 1.82) is 0 Å². The summed E-state index contributed by atoms with van der Waals surface area (Å²) in [5.41, 5.74) is 10.2. The second-order valence-electron chi connectivity index (χ2n) is 4.17. The first-order chi connectivity index (χ1) is 9.15. The van der Waals surface area contributed by atoms with Gasteiger partial charge in [-0.25, -0.2) is 9.61 Å². The predicted octanol–water partition coefficient (Wildman–Crippen LogP) is 2.26. The first kappa shape index (κ1) is 12.0. The van der Waals surface area contributed by atoms with Gasteiger partial charge in [0.1, 0.15) is 0 Å². The zero-order chi connectivity index (χ0) is 13.4. The molecule has 0 unspecified atom stereocenters. The lowest BCUT2D eigenvalue weighted by Crippen LogP contribution is -2.03. The molecule has 7 heteroatoms. The fourth-order valence-corrected chi connectivity index (χ4v) is 2.14. The molecular weight excluding hydrogens is 310 g/mol. The van der Waals surface area contributed by atoms with Crippen molar-refractivity contribution < 1.29 is 4.63 Å².